The van der Waals surface area contributed by atoms with Gasteiger partial charge in [0.1, 0.15) is 0 Å². The standard InChI is InChI=1S/C17H25N5O4S/c1-10(17(2,3)4)18-14-15(21-27(25,26)20-14)19-12-9-7-8-11(13(12)23)16(24)22(5)6/h7-10,23H,1-6H3,(H,18,20)(H,19,21)/t10-/m0/s1. The van der Waals surface area contributed by atoms with Crippen molar-refractivity contribution < 1.29 is 18.3 Å². The van der Waals surface area contributed by atoms with E-state index in [9.17, 15) is 18.3 Å². The molecule has 1 aromatic carbocycles. The normalized spacial score (nSPS) is 17.0. The molecule has 0 fully saturated rings. The number of benzene rings is 1. The molecule has 10 heteroatoms. The van der Waals surface area contributed by atoms with Gasteiger partial charge < -0.3 is 20.6 Å². The van der Waals surface area contributed by atoms with Gasteiger partial charge in [-0.25, -0.2) is 0 Å². The monoisotopic (exact) mass is 395 g/mol. The fraction of sp³-hybridized carbons (Fsp3) is 0.471. The molecule has 0 bridgehead atoms. The molecule has 0 saturated heterocycles. The number of carbonyl (C=O) groups excluding carboxylic acids is 1. The highest BCUT2D eigenvalue weighted by Crippen LogP contribution is 2.29. The topological polar surface area (TPSA) is 123 Å². The van der Waals surface area contributed by atoms with Crippen LogP contribution < -0.4 is 10.6 Å². The summed E-state index contributed by atoms with van der Waals surface area (Å²) in [6.07, 6.45) is 0. The van der Waals surface area contributed by atoms with Crippen molar-refractivity contribution in [2.45, 2.75) is 33.7 Å². The van der Waals surface area contributed by atoms with E-state index < -0.39 is 10.2 Å². The molecular weight excluding hydrogens is 370 g/mol. The van der Waals surface area contributed by atoms with Gasteiger partial charge in [-0.3, -0.25) is 4.79 Å². The van der Waals surface area contributed by atoms with Crippen LogP contribution in [0.2, 0.25) is 0 Å². The number of hydrogen-bond acceptors (Lipinski definition) is 6. The van der Waals surface area contributed by atoms with Crippen LogP contribution >= 0.6 is 0 Å². The molecule has 3 N–H and O–H groups in total. The van der Waals surface area contributed by atoms with Crippen LogP contribution in [-0.4, -0.2) is 56.1 Å². The molecule has 0 spiro atoms. The Morgan fingerprint density at radius 1 is 1.19 bits per heavy atom. The average Bonchev–Trinajstić information content (AvgIpc) is 2.81. The SMILES string of the molecule is C[C@H](NC1=NS(=O)(=O)N=C1Nc1cccc(C(=O)N(C)C)c1O)C(C)(C)C. The van der Waals surface area contributed by atoms with Gasteiger partial charge in [0.25, 0.3) is 5.91 Å². The average molecular weight is 395 g/mol. The molecule has 1 aliphatic heterocycles. The number of nitrogens with one attached hydrogen (secondary N) is 2. The van der Waals surface area contributed by atoms with Crippen molar-refractivity contribution in [2.75, 3.05) is 19.4 Å². The van der Waals surface area contributed by atoms with E-state index >= 15 is 0 Å². The maximum absolute atomic E-state index is 12.2. The minimum Gasteiger partial charge on any atom is -0.505 e. The van der Waals surface area contributed by atoms with Crippen LogP contribution in [-0.2, 0) is 10.2 Å². The quantitative estimate of drug-likeness (QED) is 0.668. The molecule has 0 aliphatic carbocycles. The van der Waals surface area contributed by atoms with Crippen molar-refractivity contribution in [1.82, 2.24) is 10.2 Å². The first-order chi connectivity index (χ1) is 12.3. The highest BCUT2D eigenvalue weighted by molar-refractivity contribution is 7.89. The zero-order chi connectivity index (χ0) is 20.6. The minimum absolute atomic E-state index is 0.0455. The van der Waals surface area contributed by atoms with Gasteiger partial charge in [-0.05, 0) is 24.5 Å². The summed E-state index contributed by atoms with van der Waals surface area (Å²) < 4.78 is 30.9. The second-order valence-corrected chi connectivity index (χ2v) is 8.85. The lowest BCUT2D eigenvalue weighted by atomic mass is 9.88. The number of nitrogens with zero attached hydrogens (tertiary/aromatic N) is 3. The highest BCUT2D eigenvalue weighted by atomic mass is 32.2. The lowest BCUT2D eigenvalue weighted by Crippen LogP contribution is -2.45. The van der Waals surface area contributed by atoms with Crippen LogP contribution in [0, 0.1) is 5.41 Å². The number of amidine groups is 2. The van der Waals surface area contributed by atoms with Gasteiger partial charge in [-0.1, -0.05) is 26.8 Å². The summed E-state index contributed by atoms with van der Waals surface area (Å²) in [5, 5.41) is 16.2. The summed E-state index contributed by atoms with van der Waals surface area (Å²) in [6.45, 7) is 7.90. The van der Waals surface area contributed by atoms with E-state index in [0.29, 0.717) is 0 Å². The van der Waals surface area contributed by atoms with Crippen molar-refractivity contribution in [1.29, 1.82) is 0 Å². The summed E-state index contributed by atoms with van der Waals surface area (Å²) in [5.74, 6) is -0.672. The Morgan fingerprint density at radius 2 is 1.78 bits per heavy atom. The number of aromatic hydroxyl groups is 1. The molecular formula is C17H25N5O4S. The van der Waals surface area contributed by atoms with Gasteiger partial charge in [0.05, 0.1) is 11.3 Å². The second kappa shape index (κ2) is 7.18. The van der Waals surface area contributed by atoms with Crippen molar-refractivity contribution in [3.63, 3.8) is 0 Å². The number of rotatable bonds is 3. The molecule has 148 valence electrons. The van der Waals surface area contributed by atoms with Crippen LogP contribution in [0.1, 0.15) is 38.1 Å². The van der Waals surface area contributed by atoms with Crippen LogP contribution in [0.3, 0.4) is 0 Å². The molecule has 2 rings (SSSR count). The van der Waals surface area contributed by atoms with Gasteiger partial charge in [0.2, 0.25) is 0 Å². The summed E-state index contributed by atoms with van der Waals surface area (Å²) in [7, 11) is -0.879. The van der Waals surface area contributed by atoms with Gasteiger partial charge >= 0.3 is 10.2 Å². The zero-order valence-corrected chi connectivity index (χ0v) is 17.0. The smallest absolute Gasteiger partial charge is 0.367 e. The van der Waals surface area contributed by atoms with Crippen LogP contribution in [0.5, 0.6) is 5.75 Å². The summed E-state index contributed by atoms with van der Waals surface area (Å²) in [5.41, 5.74) is 0.0811. The maximum atomic E-state index is 12.2. The Balaban J connectivity index is 2.35. The number of carbonyl (C=O) groups is 1. The summed E-state index contributed by atoms with van der Waals surface area (Å²) in [6, 6.07) is 4.46. The third-order valence-corrected chi connectivity index (χ3v) is 5.04. The molecule has 27 heavy (non-hydrogen) atoms. The number of anilines is 1. The molecule has 0 unspecified atom stereocenters. The highest BCUT2D eigenvalue weighted by Gasteiger charge is 2.29. The summed E-state index contributed by atoms with van der Waals surface area (Å²) in [4.78, 5) is 13.5. The first-order valence-corrected chi connectivity index (χ1v) is 9.74. The molecule has 1 amide bonds. The van der Waals surface area contributed by atoms with Crippen molar-refractivity contribution >= 4 is 33.5 Å². The molecule has 1 aliphatic rings. The zero-order valence-electron chi connectivity index (χ0n) is 16.2. The number of para-hydroxylation sites is 1. The van der Waals surface area contributed by atoms with E-state index in [0.717, 1.165) is 0 Å². The Labute approximate surface area is 159 Å². The Morgan fingerprint density at radius 3 is 2.33 bits per heavy atom. The number of phenols is 1. The van der Waals surface area contributed by atoms with Gasteiger partial charge in [-0.15, -0.1) is 8.80 Å². The lowest BCUT2D eigenvalue weighted by Gasteiger charge is -2.28. The molecule has 0 saturated carbocycles. The fourth-order valence-electron chi connectivity index (χ4n) is 2.12. The van der Waals surface area contributed by atoms with Gasteiger partial charge in [0.15, 0.2) is 17.4 Å². The van der Waals surface area contributed by atoms with Gasteiger partial charge in [0, 0.05) is 20.1 Å². The minimum atomic E-state index is -4.01. The molecule has 0 radical (unpaired) electrons. The first kappa shape index (κ1) is 20.7. The number of amides is 1. The molecule has 1 aromatic rings. The van der Waals surface area contributed by atoms with Crippen molar-refractivity contribution in [3.05, 3.63) is 23.8 Å². The summed E-state index contributed by atoms with van der Waals surface area (Å²) >= 11 is 0. The van der Waals surface area contributed by atoms with Crippen molar-refractivity contribution in [3.8, 4) is 5.75 Å². The van der Waals surface area contributed by atoms with E-state index in [1.54, 1.807) is 20.2 Å². The van der Waals surface area contributed by atoms with Gasteiger partial charge in [-0.2, -0.15) is 8.42 Å². The molecule has 1 atom stereocenters. The van der Waals surface area contributed by atoms with E-state index in [-0.39, 0.29) is 46.0 Å². The number of hydrogen-bond donors (Lipinski definition) is 3. The predicted molar refractivity (Wildman–Crippen MR) is 106 cm³/mol. The second-order valence-electron chi connectivity index (χ2n) is 7.59. The van der Waals surface area contributed by atoms with E-state index in [4.69, 9.17) is 0 Å². The predicted octanol–water partition coefficient (Wildman–Crippen LogP) is 1.59. The van der Waals surface area contributed by atoms with E-state index in [1.165, 1.54) is 17.0 Å². The first-order valence-electron chi connectivity index (χ1n) is 8.34. The Kier molecular flexibility index (Phi) is 5.50. The van der Waals surface area contributed by atoms with E-state index in [1.807, 2.05) is 27.7 Å². The molecule has 1 heterocycles. The third-order valence-electron chi connectivity index (χ3n) is 4.22. The van der Waals surface area contributed by atoms with Crippen LogP contribution in [0.15, 0.2) is 27.0 Å². The largest absolute Gasteiger partial charge is 0.505 e. The molecule has 9 nitrogen and oxygen atoms in total. The Hall–Kier alpha value is -2.62. The fourth-order valence-corrected chi connectivity index (χ4v) is 2.89. The number of phenolic OH excluding ortho intramolecular Hbond substituents is 1. The maximum Gasteiger partial charge on any atom is 0.367 e. The molecule has 0 aromatic heterocycles. The van der Waals surface area contributed by atoms with E-state index in [2.05, 4.69) is 19.4 Å². The lowest BCUT2D eigenvalue weighted by molar-refractivity contribution is 0.0824. The van der Waals surface area contributed by atoms with Crippen LogP contribution in [0.4, 0.5) is 5.69 Å². The third kappa shape index (κ3) is 4.76. The van der Waals surface area contributed by atoms with Crippen molar-refractivity contribution in [2.24, 2.45) is 14.2 Å². The Bertz CT molecular complexity index is 914. The van der Waals surface area contributed by atoms with Crippen LogP contribution in [0.25, 0.3) is 0 Å².